The molecule has 19 heavy (non-hydrogen) atoms. The van der Waals surface area contributed by atoms with Crippen LogP contribution in [0.5, 0.6) is 0 Å². The molecule has 0 atom stereocenters. The Morgan fingerprint density at radius 3 is 2.68 bits per heavy atom. The van der Waals surface area contributed by atoms with Gasteiger partial charge in [-0.1, -0.05) is 41.9 Å². The molecule has 0 saturated carbocycles. The van der Waals surface area contributed by atoms with Crippen LogP contribution in [0.1, 0.15) is 32.8 Å². The maximum atomic E-state index is 12.2. The van der Waals surface area contributed by atoms with Gasteiger partial charge in [-0.05, 0) is 24.6 Å². The largest absolute Gasteiger partial charge is 0.409 e. The molecule has 5 nitrogen and oxygen atoms in total. The van der Waals surface area contributed by atoms with Crippen molar-refractivity contribution in [3.05, 3.63) is 28.2 Å². The van der Waals surface area contributed by atoms with Crippen LogP contribution in [-0.2, 0) is 4.79 Å². The van der Waals surface area contributed by atoms with Crippen molar-refractivity contribution in [2.24, 2.45) is 16.3 Å². The van der Waals surface area contributed by atoms with Crippen LogP contribution in [-0.4, -0.2) is 17.0 Å². The van der Waals surface area contributed by atoms with Gasteiger partial charge in [0.15, 0.2) is 5.84 Å². The number of oxime groups is 1. The fourth-order valence-electron chi connectivity index (χ4n) is 1.35. The van der Waals surface area contributed by atoms with E-state index in [2.05, 4.69) is 26.4 Å². The van der Waals surface area contributed by atoms with Crippen LogP contribution in [0, 0.1) is 5.41 Å². The average Bonchev–Trinajstić information content (AvgIpc) is 2.38. The summed E-state index contributed by atoms with van der Waals surface area (Å²) in [6, 6.07) is 5.15. The third kappa shape index (κ3) is 3.70. The first-order valence-electron chi connectivity index (χ1n) is 5.90. The quantitative estimate of drug-likeness (QED) is 0.344. The van der Waals surface area contributed by atoms with Crippen molar-refractivity contribution >= 4 is 33.4 Å². The fraction of sp³-hybridized carbons (Fsp3) is 0.385. The van der Waals surface area contributed by atoms with Crippen LogP contribution < -0.4 is 11.1 Å². The minimum absolute atomic E-state index is 0.0443. The number of amidine groups is 1. The van der Waals surface area contributed by atoms with Crippen molar-refractivity contribution in [3.8, 4) is 0 Å². The van der Waals surface area contributed by atoms with E-state index in [1.165, 1.54) is 0 Å². The highest BCUT2D eigenvalue weighted by Gasteiger charge is 2.26. The van der Waals surface area contributed by atoms with Crippen LogP contribution >= 0.6 is 15.9 Å². The third-order valence-corrected chi connectivity index (χ3v) is 3.61. The zero-order chi connectivity index (χ0) is 14.6. The minimum Gasteiger partial charge on any atom is -0.409 e. The molecule has 0 aliphatic carbocycles. The number of carbonyl (C=O) groups is 1. The second kappa shape index (κ2) is 6.06. The number of hydrogen-bond donors (Lipinski definition) is 3. The van der Waals surface area contributed by atoms with Crippen LogP contribution in [0.15, 0.2) is 27.8 Å². The average molecular weight is 328 g/mol. The molecule has 0 spiro atoms. The summed E-state index contributed by atoms with van der Waals surface area (Å²) in [5.74, 6) is -0.155. The van der Waals surface area contributed by atoms with Gasteiger partial charge in [0.1, 0.15) is 0 Å². The van der Waals surface area contributed by atoms with Crippen LogP contribution in [0.25, 0.3) is 0 Å². The molecule has 0 aromatic heterocycles. The normalized spacial score (nSPS) is 12.3. The van der Waals surface area contributed by atoms with E-state index in [4.69, 9.17) is 10.9 Å². The van der Waals surface area contributed by atoms with Crippen LogP contribution in [0.3, 0.4) is 0 Å². The number of amides is 1. The lowest BCUT2D eigenvalue weighted by Crippen LogP contribution is -2.31. The molecule has 0 saturated heterocycles. The molecule has 0 radical (unpaired) electrons. The molecule has 4 N–H and O–H groups in total. The van der Waals surface area contributed by atoms with Gasteiger partial charge in [0.2, 0.25) is 5.91 Å². The van der Waals surface area contributed by atoms with Crippen molar-refractivity contribution in [3.63, 3.8) is 0 Å². The Kier molecular flexibility index (Phi) is 4.94. The summed E-state index contributed by atoms with van der Waals surface area (Å²) in [6.07, 6.45) is 0.714. The molecule has 0 aliphatic rings. The Balaban J connectivity index is 3.13. The summed E-state index contributed by atoms with van der Waals surface area (Å²) >= 11 is 3.33. The van der Waals surface area contributed by atoms with Gasteiger partial charge in [-0.15, -0.1) is 0 Å². The summed E-state index contributed by atoms with van der Waals surface area (Å²) in [6.45, 7) is 5.68. The highest BCUT2D eigenvalue weighted by molar-refractivity contribution is 9.10. The number of nitrogens with two attached hydrogens (primary N) is 1. The summed E-state index contributed by atoms with van der Waals surface area (Å²) in [5.41, 5.74) is 6.10. The second-order valence-corrected chi connectivity index (χ2v) is 5.78. The third-order valence-electron chi connectivity index (χ3n) is 3.11. The van der Waals surface area contributed by atoms with Crippen LogP contribution in [0.2, 0.25) is 0 Å². The summed E-state index contributed by atoms with van der Waals surface area (Å²) in [4.78, 5) is 12.2. The Labute approximate surface area is 121 Å². The molecule has 0 aliphatic heterocycles. The zero-order valence-corrected chi connectivity index (χ0v) is 12.8. The summed E-state index contributed by atoms with van der Waals surface area (Å²) in [5, 5.41) is 14.5. The van der Waals surface area contributed by atoms with Gasteiger partial charge < -0.3 is 16.3 Å². The predicted molar refractivity (Wildman–Crippen MR) is 79.4 cm³/mol. The molecule has 1 aromatic rings. The fourth-order valence-corrected chi connectivity index (χ4v) is 1.71. The molecule has 1 rings (SSSR count). The molecular formula is C13H18BrN3O2. The highest BCUT2D eigenvalue weighted by atomic mass is 79.9. The molecule has 104 valence electrons. The van der Waals surface area contributed by atoms with Crippen molar-refractivity contribution in [2.75, 3.05) is 5.32 Å². The van der Waals surface area contributed by atoms with Gasteiger partial charge in [-0.2, -0.15) is 0 Å². The Hall–Kier alpha value is -1.56. The number of carbonyl (C=O) groups excluding carboxylic acids is 1. The van der Waals surface area contributed by atoms with Crippen molar-refractivity contribution < 1.29 is 10.0 Å². The number of halogens is 1. The molecule has 6 heteroatoms. The smallest absolute Gasteiger partial charge is 0.230 e. The molecule has 0 heterocycles. The van der Waals surface area contributed by atoms with Crippen LogP contribution in [0.4, 0.5) is 5.69 Å². The minimum atomic E-state index is -0.481. The molecule has 0 fully saturated rings. The molecular weight excluding hydrogens is 310 g/mol. The number of nitrogens with one attached hydrogen (secondary N) is 1. The monoisotopic (exact) mass is 327 g/mol. The molecule has 0 unspecified atom stereocenters. The highest BCUT2D eigenvalue weighted by Crippen LogP contribution is 2.26. The first-order valence-corrected chi connectivity index (χ1v) is 6.70. The second-order valence-electron chi connectivity index (χ2n) is 4.87. The van der Waals surface area contributed by atoms with Gasteiger partial charge in [0, 0.05) is 15.5 Å². The Bertz CT molecular complexity index is 513. The van der Waals surface area contributed by atoms with Gasteiger partial charge in [0.25, 0.3) is 0 Å². The van der Waals surface area contributed by atoms with E-state index in [1.54, 1.807) is 18.2 Å². The maximum absolute atomic E-state index is 12.2. The van der Waals surface area contributed by atoms with Gasteiger partial charge in [0.05, 0.1) is 5.69 Å². The van der Waals surface area contributed by atoms with E-state index in [9.17, 15) is 4.79 Å². The van der Waals surface area contributed by atoms with E-state index in [0.29, 0.717) is 17.7 Å². The number of rotatable bonds is 4. The van der Waals surface area contributed by atoms with Gasteiger partial charge in [-0.25, -0.2) is 0 Å². The number of nitrogens with zero attached hydrogens (tertiary/aromatic N) is 1. The lowest BCUT2D eigenvalue weighted by atomic mass is 9.89. The summed E-state index contributed by atoms with van der Waals surface area (Å²) in [7, 11) is 0. The summed E-state index contributed by atoms with van der Waals surface area (Å²) < 4.78 is 0.798. The van der Waals surface area contributed by atoms with E-state index in [-0.39, 0.29) is 11.7 Å². The predicted octanol–water partition coefficient (Wildman–Crippen LogP) is 2.92. The number of benzene rings is 1. The Morgan fingerprint density at radius 2 is 2.16 bits per heavy atom. The molecule has 1 amide bonds. The van der Waals surface area contributed by atoms with E-state index in [1.807, 2.05) is 20.8 Å². The SMILES string of the molecule is CCC(C)(C)C(=O)Nc1cc(Br)ccc1/C(N)=N/O. The molecule has 0 bridgehead atoms. The zero-order valence-electron chi connectivity index (χ0n) is 11.2. The van der Waals surface area contributed by atoms with Crippen molar-refractivity contribution in [2.45, 2.75) is 27.2 Å². The molecule has 1 aromatic carbocycles. The van der Waals surface area contributed by atoms with E-state index >= 15 is 0 Å². The number of anilines is 1. The standard InChI is InChI=1S/C13H18BrN3O2/c1-4-13(2,3)12(18)16-10-7-8(14)5-6-9(10)11(15)17-19/h5-7,19H,4H2,1-3H3,(H2,15,17)(H,16,18). The van der Waals surface area contributed by atoms with Gasteiger partial charge in [-0.3, -0.25) is 4.79 Å². The number of hydrogen-bond acceptors (Lipinski definition) is 3. The Morgan fingerprint density at radius 1 is 1.53 bits per heavy atom. The van der Waals surface area contributed by atoms with Gasteiger partial charge >= 0.3 is 0 Å². The topological polar surface area (TPSA) is 87.7 Å². The lowest BCUT2D eigenvalue weighted by molar-refractivity contribution is -0.124. The lowest BCUT2D eigenvalue weighted by Gasteiger charge is -2.22. The van der Waals surface area contributed by atoms with E-state index in [0.717, 1.165) is 4.47 Å². The first kappa shape index (κ1) is 15.5. The first-order chi connectivity index (χ1) is 8.81. The van der Waals surface area contributed by atoms with E-state index < -0.39 is 5.41 Å². The maximum Gasteiger partial charge on any atom is 0.230 e. The van der Waals surface area contributed by atoms with Crippen molar-refractivity contribution in [1.29, 1.82) is 0 Å². The van der Waals surface area contributed by atoms with Crippen molar-refractivity contribution in [1.82, 2.24) is 0 Å².